The molecule has 1 fully saturated rings. The van der Waals surface area contributed by atoms with E-state index in [9.17, 15) is 0 Å². The van der Waals surface area contributed by atoms with Gasteiger partial charge in [0.15, 0.2) is 0 Å². The van der Waals surface area contributed by atoms with Crippen LogP contribution in [0.15, 0.2) is 18.2 Å². The first kappa shape index (κ1) is 13.3. The van der Waals surface area contributed by atoms with Crippen LogP contribution in [-0.4, -0.2) is 42.7 Å². The van der Waals surface area contributed by atoms with Crippen molar-refractivity contribution in [3.8, 4) is 5.88 Å². The normalized spacial score (nSPS) is 20.9. The summed E-state index contributed by atoms with van der Waals surface area (Å²) < 4.78 is 5.44. The van der Waals surface area contributed by atoms with Gasteiger partial charge in [0.2, 0.25) is 5.88 Å². The number of ether oxygens (including phenoxy) is 1. The Hall–Kier alpha value is -1.13. The van der Waals surface area contributed by atoms with Gasteiger partial charge < -0.3 is 10.1 Å². The Bertz CT molecular complexity index is 370. The summed E-state index contributed by atoms with van der Waals surface area (Å²) in [5.41, 5.74) is 1.10. The van der Waals surface area contributed by atoms with E-state index < -0.39 is 0 Å². The van der Waals surface area contributed by atoms with E-state index in [1.165, 1.54) is 19.4 Å². The van der Waals surface area contributed by atoms with Crippen molar-refractivity contribution in [2.45, 2.75) is 32.4 Å². The third kappa shape index (κ3) is 3.68. The van der Waals surface area contributed by atoms with Crippen molar-refractivity contribution in [2.24, 2.45) is 0 Å². The van der Waals surface area contributed by atoms with Crippen molar-refractivity contribution in [1.82, 2.24) is 15.2 Å². The number of pyridine rings is 1. The highest BCUT2D eigenvalue weighted by molar-refractivity contribution is 5.15. The van der Waals surface area contributed by atoms with Gasteiger partial charge >= 0.3 is 0 Å². The number of nitrogens with zero attached hydrogens (tertiary/aromatic N) is 2. The first-order valence-electron chi connectivity index (χ1n) is 6.80. The van der Waals surface area contributed by atoms with Crippen LogP contribution >= 0.6 is 0 Å². The lowest BCUT2D eigenvalue weighted by molar-refractivity contribution is 0.185. The molecule has 4 nitrogen and oxygen atoms in total. The van der Waals surface area contributed by atoms with Crippen molar-refractivity contribution in [2.75, 3.05) is 26.7 Å². The van der Waals surface area contributed by atoms with Crippen molar-refractivity contribution in [3.05, 3.63) is 23.9 Å². The molecule has 0 saturated carbocycles. The van der Waals surface area contributed by atoms with E-state index in [0.717, 1.165) is 24.7 Å². The van der Waals surface area contributed by atoms with E-state index in [4.69, 9.17) is 4.74 Å². The molecule has 0 bridgehead atoms. The Morgan fingerprint density at radius 1 is 1.50 bits per heavy atom. The fourth-order valence-corrected chi connectivity index (χ4v) is 2.44. The molecule has 0 radical (unpaired) electrons. The number of piperidine rings is 1. The standard InChI is InChI=1S/C14H23N3O/c1-3-18-14-8-4-6-13(16-14)11-17-9-5-7-12(10-17)15-2/h4,6,8,12,15H,3,5,7,9-11H2,1-2H3. The molecule has 0 aliphatic carbocycles. The maximum atomic E-state index is 5.44. The van der Waals surface area contributed by atoms with E-state index in [1.54, 1.807) is 0 Å². The highest BCUT2D eigenvalue weighted by Crippen LogP contribution is 2.14. The van der Waals surface area contributed by atoms with Crippen LogP contribution in [0.25, 0.3) is 0 Å². The van der Waals surface area contributed by atoms with Gasteiger partial charge in [0, 0.05) is 25.2 Å². The fourth-order valence-electron chi connectivity index (χ4n) is 2.44. The number of likely N-dealkylation sites (tertiary alicyclic amines) is 1. The van der Waals surface area contributed by atoms with Gasteiger partial charge in [0.1, 0.15) is 0 Å². The first-order chi connectivity index (χ1) is 8.81. The number of nitrogens with one attached hydrogen (secondary N) is 1. The first-order valence-corrected chi connectivity index (χ1v) is 6.80. The van der Waals surface area contributed by atoms with Crippen LogP contribution in [0.1, 0.15) is 25.5 Å². The zero-order valence-electron chi connectivity index (χ0n) is 11.4. The Balaban J connectivity index is 1.93. The number of likely N-dealkylation sites (N-methyl/N-ethyl adjacent to an activating group) is 1. The summed E-state index contributed by atoms with van der Waals surface area (Å²) in [5, 5.41) is 3.36. The van der Waals surface area contributed by atoms with Crippen molar-refractivity contribution in [3.63, 3.8) is 0 Å². The second kappa shape index (κ2) is 6.71. The number of hydrogen-bond donors (Lipinski definition) is 1. The molecule has 100 valence electrons. The summed E-state index contributed by atoms with van der Waals surface area (Å²) in [4.78, 5) is 6.98. The minimum absolute atomic E-state index is 0.619. The average Bonchev–Trinajstić information content (AvgIpc) is 2.40. The zero-order chi connectivity index (χ0) is 12.8. The Kier molecular flexibility index (Phi) is 4.96. The van der Waals surface area contributed by atoms with E-state index in [-0.39, 0.29) is 0 Å². The number of aromatic nitrogens is 1. The summed E-state index contributed by atoms with van der Waals surface area (Å²) >= 11 is 0. The molecule has 1 aliphatic heterocycles. The zero-order valence-corrected chi connectivity index (χ0v) is 11.4. The lowest BCUT2D eigenvalue weighted by Gasteiger charge is -2.32. The van der Waals surface area contributed by atoms with Crippen LogP contribution in [0.3, 0.4) is 0 Å². The molecule has 18 heavy (non-hydrogen) atoms. The lowest BCUT2D eigenvalue weighted by Crippen LogP contribution is -2.43. The Morgan fingerprint density at radius 3 is 3.17 bits per heavy atom. The summed E-state index contributed by atoms with van der Waals surface area (Å²) in [6.07, 6.45) is 2.54. The maximum Gasteiger partial charge on any atom is 0.213 e. The van der Waals surface area contributed by atoms with Crippen LogP contribution in [-0.2, 0) is 6.54 Å². The van der Waals surface area contributed by atoms with Gasteiger partial charge in [-0.1, -0.05) is 6.07 Å². The van der Waals surface area contributed by atoms with E-state index in [2.05, 4.69) is 21.3 Å². The molecule has 1 aliphatic rings. The van der Waals surface area contributed by atoms with Crippen molar-refractivity contribution >= 4 is 0 Å². The van der Waals surface area contributed by atoms with Crippen LogP contribution < -0.4 is 10.1 Å². The molecule has 4 heteroatoms. The molecule has 1 unspecified atom stereocenters. The number of hydrogen-bond acceptors (Lipinski definition) is 4. The second-order valence-electron chi connectivity index (χ2n) is 4.76. The minimum atomic E-state index is 0.619. The summed E-state index contributed by atoms with van der Waals surface area (Å²) in [5.74, 6) is 0.733. The van der Waals surface area contributed by atoms with Gasteiger partial charge in [-0.3, -0.25) is 4.90 Å². The van der Waals surface area contributed by atoms with Crippen LogP contribution in [0, 0.1) is 0 Å². The highest BCUT2D eigenvalue weighted by atomic mass is 16.5. The van der Waals surface area contributed by atoms with Gasteiger partial charge in [-0.05, 0) is 39.4 Å². The molecule has 1 N–H and O–H groups in total. The Morgan fingerprint density at radius 2 is 2.39 bits per heavy atom. The summed E-state index contributed by atoms with van der Waals surface area (Å²) in [6, 6.07) is 6.63. The smallest absolute Gasteiger partial charge is 0.213 e. The molecule has 1 aromatic rings. The molecule has 0 amide bonds. The summed E-state index contributed by atoms with van der Waals surface area (Å²) in [6.45, 7) is 5.84. The minimum Gasteiger partial charge on any atom is -0.478 e. The van der Waals surface area contributed by atoms with Gasteiger partial charge in [-0.15, -0.1) is 0 Å². The molecular formula is C14H23N3O. The van der Waals surface area contributed by atoms with Crippen molar-refractivity contribution < 1.29 is 4.74 Å². The van der Waals surface area contributed by atoms with Gasteiger partial charge in [-0.25, -0.2) is 4.98 Å². The third-order valence-electron chi connectivity index (χ3n) is 3.37. The topological polar surface area (TPSA) is 37.4 Å². The second-order valence-corrected chi connectivity index (χ2v) is 4.76. The van der Waals surface area contributed by atoms with Gasteiger partial charge in [0.25, 0.3) is 0 Å². The SMILES string of the molecule is CCOc1cccc(CN2CCCC(NC)C2)n1. The molecule has 2 rings (SSSR count). The van der Waals surface area contributed by atoms with Gasteiger partial charge in [-0.2, -0.15) is 0 Å². The number of rotatable bonds is 5. The highest BCUT2D eigenvalue weighted by Gasteiger charge is 2.18. The molecular weight excluding hydrogens is 226 g/mol. The lowest BCUT2D eigenvalue weighted by atomic mass is 10.1. The molecule has 1 saturated heterocycles. The molecule has 2 heterocycles. The van der Waals surface area contributed by atoms with Crippen LogP contribution in [0.5, 0.6) is 5.88 Å². The van der Waals surface area contributed by atoms with E-state index in [1.807, 2.05) is 26.1 Å². The van der Waals surface area contributed by atoms with Crippen molar-refractivity contribution in [1.29, 1.82) is 0 Å². The fraction of sp³-hybridized carbons (Fsp3) is 0.643. The molecule has 1 atom stereocenters. The van der Waals surface area contributed by atoms with Crippen LogP contribution in [0.4, 0.5) is 0 Å². The van der Waals surface area contributed by atoms with E-state index >= 15 is 0 Å². The third-order valence-corrected chi connectivity index (χ3v) is 3.37. The quantitative estimate of drug-likeness (QED) is 0.861. The van der Waals surface area contributed by atoms with E-state index in [0.29, 0.717) is 12.6 Å². The molecule has 1 aromatic heterocycles. The molecule has 0 aromatic carbocycles. The summed E-state index contributed by atoms with van der Waals surface area (Å²) in [7, 11) is 2.04. The predicted molar refractivity (Wildman–Crippen MR) is 72.8 cm³/mol. The Labute approximate surface area is 109 Å². The largest absolute Gasteiger partial charge is 0.478 e. The monoisotopic (exact) mass is 249 g/mol. The van der Waals surface area contributed by atoms with Crippen LogP contribution in [0.2, 0.25) is 0 Å². The predicted octanol–water partition coefficient (Wildman–Crippen LogP) is 1.66. The average molecular weight is 249 g/mol. The van der Waals surface area contributed by atoms with Gasteiger partial charge in [0.05, 0.1) is 12.3 Å². The maximum absolute atomic E-state index is 5.44. The molecule has 0 spiro atoms.